The predicted octanol–water partition coefficient (Wildman–Crippen LogP) is -1.17. The van der Waals surface area contributed by atoms with Crippen LogP contribution >= 0.6 is 0 Å². The van der Waals surface area contributed by atoms with Crippen LogP contribution < -0.4 is 5.73 Å². The zero-order chi connectivity index (χ0) is 9.07. The number of aliphatic hydroxyl groups excluding tert-OH is 3. The maximum absolute atomic E-state index is 9.15. The van der Waals surface area contributed by atoms with Gasteiger partial charge in [-0.05, 0) is 20.3 Å². The van der Waals surface area contributed by atoms with Crippen molar-refractivity contribution in [1.29, 1.82) is 0 Å². The monoisotopic (exact) mass is 163 g/mol. The zero-order valence-electron chi connectivity index (χ0n) is 6.99. The van der Waals surface area contributed by atoms with Crippen molar-refractivity contribution in [2.24, 2.45) is 5.73 Å². The number of nitrogens with two attached hydrogens (primary N) is 1. The second-order valence-corrected chi connectivity index (χ2v) is 3.32. The molecule has 0 heterocycles. The van der Waals surface area contributed by atoms with Crippen LogP contribution in [0.15, 0.2) is 0 Å². The lowest BCUT2D eigenvalue weighted by molar-refractivity contribution is 0.00665. The third-order valence-corrected chi connectivity index (χ3v) is 1.59. The van der Waals surface area contributed by atoms with Crippen LogP contribution in [0.2, 0.25) is 0 Å². The van der Waals surface area contributed by atoms with Crippen LogP contribution in [0, 0.1) is 0 Å². The summed E-state index contributed by atoms with van der Waals surface area (Å²) in [5.41, 5.74) is 4.72. The summed E-state index contributed by atoms with van der Waals surface area (Å²) in [5, 5.41) is 26.8. The van der Waals surface area contributed by atoms with E-state index in [9.17, 15) is 0 Å². The van der Waals surface area contributed by atoms with Crippen molar-refractivity contribution in [2.75, 3.05) is 6.61 Å². The van der Waals surface area contributed by atoms with E-state index in [0.717, 1.165) is 0 Å². The van der Waals surface area contributed by atoms with E-state index in [1.165, 1.54) is 6.92 Å². The van der Waals surface area contributed by atoms with Gasteiger partial charge in [0.2, 0.25) is 0 Å². The molecule has 4 heteroatoms. The van der Waals surface area contributed by atoms with Gasteiger partial charge >= 0.3 is 0 Å². The summed E-state index contributed by atoms with van der Waals surface area (Å²) in [6, 6.07) is 0. The number of rotatable bonds is 4. The fourth-order valence-corrected chi connectivity index (χ4v) is 0.713. The van der Waals surface area contributed by atoms with E-state index in [1.807, 2.05) is 0 Å². The van der Waals surface area contributed by atoms with Gasteiger partial charge in [-0.3, -0.25) is 0 Å². The largest absolute Gasteiger partial charge is 0.394 e. The highest BCUT2D eigenvalue weighted by Gasteiger charge is 2.24. The number of hydrogen-bond acceptors (Lipinski definition) is 4. The lowest BCUT2D eigenvalue weighted by Gasteiger charge is -2.26. The van der Waals surface area contributed by atoms with Gasteiger partial charge < -0.3 is 21.1 Å². The van der Waals surface area contributed by atoms with Crippen molar-refractivity contribution in [3.8, 4) is 0 Å². The fraction of sp³-hybridized carbons (Fsp3) is 1.00. The Hall–Kier alpha value is -0.160. The van der Waals surface area contributed by atoms with Gasteiger partial charge in [-0.2, -0.15) is 0 Å². The van der Waals surface area contributed by atoms with E-state index in [1.54, 1.807) is 6.92 Å². The van der Waals surface area contributed by atoms with Crippen LogP contribution in [-0.2, 0) is 0 Å². The Kier molecular flexibility index (Phi) is 3.96. The minimum Gasteiger partial charge on any atom is -0.394 e. The van der Waals surface area contributed by atoms with E-state index in [0.29, 0.717) is 0 Å². The van der Waals surface area contributed by atoms with Gasteiger partial charge in [-0.15, -0.1) is 0 Å². The lowest BCUT2D eigenvalue weighted by Crippen LogP contribution is -2.45. The molecular formula is C7H17NO3. The van der Waals surface area contributed by atoms with Crippen molar-refractivity contribution in [3.05, 3.63) is 0 Å². The molecule has 0 aliphatic rings. The summed E-state index contributed by atoms with van der Waals surface area (Å²) < 4.78 is 0. The summed E-state index contributed by atoms with van der Waals surface area (Å²) in [6.07, 6.45) is -1.47. The van der Waals surface area contributed by atoms with Crippen LogP contribution in [-0.4, -0.2) is 39.7 Å². The van der Waals surface area contributed by atoms with E-state index in [-0.39, 0.29) is 13.0 Å². The molecule has 0 saturated heterocycles. The maximum Gasteiger partial charge on any atom is 0.0814 e. The first kappa shape index (κ1) is 10.8. The van der Waals surface area contributed by atoms with Gasteiger partial charge in [0, 0.05) is 5.54 Å². The lowest BCUT2D eigenvalue weighted by atomic mass is 9.94. The Morgan fingerprint density at radius 2 is 1.91 bits per heavy atom. The quantitative estimate of drug-likeness (QED) is 0.420. The summed E-state index contributed by atoms with van der Waals surface area (Å²) in [6.45, 7) is 2.91. The zero-order valence-corrected chi connectivity index (χ0v) is 6.99. The third kappa shape index (κ3) is 4.31. The normalized spacial score (nSPS) is 22.4. The molecular weight excluding hydrogens is 146 g/mol. The van der Waals surface area contributed by atoms with Crippen LogP contribution in [0.4, 0.5) is 0 Å². The molecule has 11 heavy (non-hydrogen) atoms. The highest BCUT2D eigenvalue weighted by atomic mass is 16.3. The topological polar surface area (TPSA) is 86.7 Å². The Bertz CT molecular complexity index is 114. The third-order valence-electron chi connectivity index (χ3n) is 1.59. The van der Waals surface area contributed by atoms with Gasteiger partial charge in [0.25, 0.3) is 0 Å². The van der Waals surface area contributed by atoms with Gasteiger partial charge in [-0.1, -0.05) is 0 Å². The van der Waals surface area contributed by atoms with Gasteiger partial charge in [0.05, 0.1) is 18.8 Å². The number of aliphatic hydroxyl groups is 3. The summed E-state index contributed by atoms with van der Waals surface area (Å²) in [5.74, 6) is 0. The molecule has 0 aliphatic carbocycles. The molecule has 0 rings (SSSR count). The molecule has 0 aliphatic heterocycles. The molecule has 0 fully saturated rings. The number of hydrogen-bond donors (Lipinski definition) is 4. The second-order valence-electron chi connectivity index (χ2n) is 3.32. The molecule has 0 bridgehead atoms. The highest BCUT2D eigenvalue weighted by Crippen LogP contribution is 2.10. The predicted molar refractivity (Wildman–Crippen MR) is 42.0 cm³/mol. The first-order valence-electron chi connectivity index (χ1n) is 3.65. The average Bonchev–Trinajstić information content (AvgIpc) is 1.87. The van der Waals surface area contributed by atoms with Crippen LogP contribution in [0.5, 0.6) is 0 Å². The Morgan fingerprint density at radius 3 is 2.18 bits per heavy atom. The average molecular weight is 163 g/mol. The molecule has 0 aromatic heterocycles. The van der Waals surface area contributed by atoms with Crippen LogP contribution in [0.25, 0.3) is 0 Å². The Morgan fingerprint density at radius 1 is 1.45 bits per heavy atom. The van der Waals surface area contributed by atoms with Gasteiger partial charge in [0.15, 0.2) is 0 Å². The van der Waals surface area contributed by atoms with Crippen molar-refractivity contribution >= 4 is 0 Å². The molecule has 0 spiro atoms. The molecule has 0 aromatic rings. The molecule has 0 aromatic carbocycles. The maximum atomic E-state index is 9.15. The van der Waals surface area contributed by atoms with E-state index >= 15 is 0 Å². The smallest absolute Gasteiger partial charge is 0.0814 e. The Balaban J connectivity index is 3.83. The van der Waals surface area contributed by atoms with E-state index in [4.69, 9.17) is 21.1 Å². The molecule has 68 valence electrons. The van der Waals surface area contributed by atoms with Crippen molar-refractivity contribution < 1.29 is 15.3 Å². The van der Waals surface area contributed by atoms with Gasteiger partial charge in [0.1, 0.15) is 0 Å². The SMILES string of the molecule is CC(O)C(O)CC(C)(N)CO. The van der Waals surface area contributed by atoms with Crippen molar-refractivity contribution in [2.45, 2.75) is 38.0 Å². The second kappa shape index (κ2) is 4.01. The molecule has 5 N–H and O–H groups in total. The standard InChI is InChI=1S/C7H17NO3/c1-5(10)6(11)3-7(2,8)4-9/h5-6,9-11H,3-4,8H2,1-2H3. The molecule has 0 radical (unpaired) electrons. The first-order valence-corrected chi connectivity index (χ1v) is 3.65. The van der Waals surface area contributed by atoms with Crippen LogP contribution in [0.3, 0.4) is 0 Å². The molecule has 3 unspecified atom stereocenters. The van der Waals surface area contributed by atoms with Gasteiger partial charge in [-0.25, -0.2) is 0 Å². The fourth-order valence-electron chi connectivity index (χ4n) is 0.713. The summed E-state index contributed by atoms with van der Waals surface area (Å²) >= 11 is 0. The molecule has 4 nitrogen and oxygen atoms in total. The highest BCUT2D eigenvalue weighted by molar-refractivity contribution is 4.82. The van der Waals surface area contributed by atoms with E-state index < -0.39 is 17.7 Å². The minimum atomic E-state index is -0.864. The van der Waals surface area contributed by atoms with Crippen molar-refractivity contribution in [3.63, 3.8) is 0 Å². The first-order chi connectivity index (χ1) is 4.89. The molecule has 0 amide bonds. The van der Waals surface area contributed by atoms with Crippen molar-refractivity contribution in [1.82, 2.24) is 0 Å². The molecule has 3 atom stereocenters. The van der Waals surface area contributed by atoms with Crippen LogP contribution in [0.1, 0.15) is 20.3 Å². The summed E-state index contributed by atoms with van der Waals surface area (Å²) in [4.78, 5) is 0. The minimum absolute atomic E-state index is 0.196. The van der Waals surface area contributed by atoms with E-state index in [2.05, 4.69) is 0 Å². The summed E-state index contributed by atoms with van der Waals surface area (Å²) in [7, 11) is 0. The Labute approximate surface area is 66.7 Å². The molecule has 0 saturated carbocycles.